The summed E-state index contributed by atoms with van der Waals surface area (Å²) in [4.78, 5) is 11.2. The van der Waals surface area contributed by atoms with Gasteiger partial charge in [-0.25, -0.2) is 4.79 Å². The van der Waals surface area contributed by atoms with E-state index in [4.69, 9.17) is 19.3 Å². The number of aliphatic hydroxyl groups excluding tert-OH is 3. The average molecular weight is 385 g/mol. The van der Waals surface area contributed by atoms with E-state index in [0.29, 0.717) is 5.75 Å². The number of aliphatic hydroxyl groups is 3. The molecule has 1 heterocycles. The SMILES string of the molecule is CCN[C@@H](C)Cc1ccc(O[C@@H]2O[C@H](C(=O)O)[C@@H](O)[C@H](O)[C@H]2O)c(OC)c1. The Labute approximate surface area is 157 Å². The third kappa shape index (κ3) is 5.08. The van der Waals surface area contributed by atoms with E-state index in [9.17, 15) is 20.1 Å². The Hall–Kier alpha value is -1.91. The first kappa shape index (κ1) is 21.4. The lowest BCUT2D eigenvalue weighted by molar-refractivity contribution is -0.271. The van der Waals surface area contributed by atoms with Gasteiger partial charge in [0.15, 0.2) is 17.6 Å². The molecule has 0 unspecified atom stereocenters. The largest absolute Gasteiger partial charge is 0.493 e. The van der Waals surface area contributed by atoms with E-state index in [2.05, 4.69) is 12.2 Å². The molecular weight excluding hydrogens is 358 g/mol. The highest BCUT2D eigenvalue weighted by molar-refractivity contribution is 5.73. The van der Waals surface area contributed by atoms with Gasteiger partial charge in [0.1, 0.15) is 18.3 Å². The monoisotopic (exact) mass is 385 g/mol. The third-order valence-corrected chi connectivity index (χ3v) is 4.38. The third-order valence-electron chi connectivity index (χ3n) is 4.38. The minimum Gasteiger partial charge on any atom is -0.493 e. The molecule has 2 rings (SSSR count). The summed E-state index contributed by atoms with van der Waals surface area (Å²) >= 11 is 0. The number of ether oxygens (including phenoxy) is 3. The lowest BCUT2D eigenvalue weighted by atomic mass is 9.99. The topological polar surface area (TPSA) is 138 Å². The highest BCUT2D eigenvalue weighted by Crippen LogP contribution is 2.32. The minimum absolute atomic E-state index is 0.217. The molecule has 0 bridgehead atoms. The first-order valence-corrected chi connectivity index (χ1v) is 8.77. The molecule has 0 aliphatic carbocycles. The maximum absolute atomic E-state index is 11.2. The van der Waals surface area contributed by atoms with Crippen molar-refractivity contribution < 1.29 is 39.4 Å². The number of carbonyl (C=O) groups is 1. The molecule has 1 fully saturated rings. The highest BCUT2D eigenvalue weighted by atomic mass is 16.7. The van der Waals surface area contributed by atoms with Crippen LogP contribution in [0.1, 0.15) is 19.4 Å². The predicted molar refractivity (Wildman–Crippen MR) is 94.8 cm³/mol. The van der Waals surface area contributed by atoms with Gasteiger partial charge in [0.2, 0.25) is 6.29 Å². The van der Waals surface area contributed by atoms with Crippen molar-refractivity contribution >= 4 is 5.97 Å². The van der Waals surface area contributed by atoms with Crippen LogP contribution >= 0.6 is 0 Å². The molecule has 0 saturated carbocycles. The maximum Gasteiger partial charge on any atom is 0.335 e. The summed E-state index contributed by atoms with van der Waals surface area (Å²) < 4.78 is 16.0. The van der Waals surface area contributed by atoms with Crippen LogP contribution in [0.3, 0.4) is 0 Å². The number of hydrogen-bond acceptors (Lipinski definition) is 8. The molecule has 1 aliphatic heterocycles. The molecule has 152 valence electrons. The van der Waals surface area contributed by atoms with Crippen LogP contribution in [0.5, 0.6) is 11.5 Å². The van der Waals surface area contributed by atoms with Gasteiger partial charge in [0, 0.05) is 6.04 Å². The average Bonchev–Trinajstić information content (AvgIpc) is 2.63. The van der Waals surface area contributed by atoms with Gasteiger partial charge in [-0.05, 0) is 37.6 Å². The van der Waals surface area contributed by atoms with Crippen LogP contribution in [-0.4, -0.2) is 76.8 Å². The summed E-state index contributed by atoms with van der Waals surface area (Å²) in [6, 6.07) is 5.48. The molecule has 0 radical (unpaired) electrons. The Morgan fingerprint density at radius 1 is 1.22 bits per heavy atom. The van der Waals surface area contributed by atoms with Gasteiger partial charge >= 0.3 is 5.97 Å². The first-order chi connectivity index (χ1) is 12.8. The van der Waals surface area contributed by atoms with Crippen LogP contribution in [-0.2, 0) is 16.0 Å². The Kier molecular flexibility index (Phi) is 7.40. The highest BCUT2D eigenvalue weighted by Gasteiger charge is 2.48. The number of aliphatic carboxylic acids is 1. The summed E-state index contributed by atoms with van der Waals surface area (Å²) in [5.41, 5.74) is 0.997. The van der Waals surface area contributed by atoms with Crippen molar-refractivity contribution in [2.24, 2.45) is 0 Å². The fraction of sp³-hybridized carbons (Fsp3) is 0.611. The second kappa shape index (κ2) is 9.34. The Bertz CT molecular complexity index is 640. The number of nitrogens with one attached hydrogen (secondary N) is 1. The Balaban J connectivity index is 2.16. The van der Waals surface area contributed by atoms with Crippen molar-refractivity contribution in [3.8, 4) is 11.5 Å². The fourth-order valence-corrected chi connectivity index (χ4v) is 2.99. The molecule has 0 aromatic heterocycles. The number of rotatable bonds is 8. The van der Waals surface area contributed by atoms with Crippen LogP contribution < -0.4 is 14.8 Å². The van der Waals surface area contributed by atoms with Crippen molar-refractivity contribution in [1.29, 1.82) is 0 Å². The van der Waals surface area contributed by atoms with Gasteiger partial charge in [-0.1, -0.05) is 13.0 Å². The number of hydrogen-bond donors (Lipinski definition) is 5. The zero-order valence-electron chi connectivity index (χ0n) is 15.5. The van der Waals surface area contributed by atoms with E-state index in [1.807, 2.05) is 13.0 Å². The second-order valence-corrected chi connectivity index (χ2v) is 6.50. The van der Waals surface area contributed by atoms with Gasteiger partial charge in [0.05, 0.1) is 7.11 Å². The number of carboxylic acids is 1. The molecular formula is C18H27NO8. The normalized spacial score (nSPS) is 29.2. The molecule has 1 saturated heterocycles. The quantitative estimate of drug-likeness (QED) is 0.401. The molecule has 1 aromatic rings. The summed E-state index contributed by atoms with van der Waals surface area (Å²) in [5, 5.41) is 42.1. The molecule has 9 heteroatoms. The molecule has 27 heavy (non-hydrogen) atoms. The molecule has 1 aliphatic rings. The van der Waals surface area contributed by atoms with Crippen LogP contribution in [0.4, 0.5) is 0 Å². The van der Waals surface area contributed by atoms with Gasteiger partial charge in [-0.2, -0.15) is 0 Å². The van der Waals surface area contributed by atoms with E-state index in [1.165, 1.54) is 7.11 Å². The van der Waals surface area contributed by atoms with Crippen LogP contribution in [0.25, 0.3) is 0 Å². The van der Waals surface area contributed by atoms with E-state index in [-0.39, 0.29) is 11.8 Å². The minimum atomic E-state index is -1.77. The smallest absolute Gasteiger partial charge is 0.335 e. The van der Waals surface area contributed by atoms with Gasteiger partial charge < -0.3 is 40.0 Å². The first-order valence-electron chi connectivity index (χ1n) is 8.77. The molecule has 9 nitrogen and oxygen atoms in total. The number of methoxy groups -OCH3 is 1. The predicted octanol–water partition coefficient (Wildman–Crippen LogP) is -0.493. The van der Waals surface area contributed by atoms with Crippen LogP contribution in [0, 0.1) is 0 Å². The number of benzene rings is 1. The Morgan fingerprint density at radius 2 is 1.93 bits per heavy atom. The van der Waals surface area contributed by atoms with Gasteiger partial charge in [-0.3, -0.25) is 0 Å². The van der Waals surface area contributed by atoms with E-state index >= 15 is 0 Å². The summed E-state index contributed by atoms with van der Waals surface area (Å²) in [7, 11) is 1.45. The van der Waals surface area contributed by atoms with Crippen LogP contribution in [0.15, 0.2) is 18.2 Å². The Morgan fingerprint density at radius 3 is 2.52 bits per heavy atom. The zero-order chi connectivity index (χ0) is 20.1. The standard InChI is InChI=1S/C18H27NO8/c1-4-19-9(2)7-10-5-6-11(12(8-10)25-3)26-18-15(22)13(20)14(21)16(27-18)17(23)24/h5-6,8-9,13-16,18-22H,4,7H2,1-3H3,(H,23,24)/t9-,13-,14-,15+,16-,18+/m0/s1. The van der Waals surface area contributed by atoms with Crippen molar-refractivity contribution in [2.45, 2.75) is 57.0 Å². The van der Waals surface area contributed by atoms with E-state index < -0.39 is 36.7 Å². The molecule has 5 N–H and O–H groups in total. The van der Waals surface area contributed by atoms with Crippen molar-refractivity contribution in [3.63, 3.8) is 0 Å². The lowest BCUT2D eigenvalue weighted by Gasteiger charge is -2.38. The van der Waals surface area contributed by atoms with Crippen molar-refractivity contribution in [2.75, 3.05) is 13.7 Å². The van der Waals surface area contributed by atoms with Crippen molar-refractivity contribution in [3.05, 3.63) is 23.8 Å². The van der Waals surface area contributed by atoms with Crippen molar-refractivity contribution in [1.82, 2.24) is 5.32 Å². The molecule has 0 amide bonds. The summed E-state index contributed by atoms with van der Waals surface area (Å²) in [6.07, 6.45) is -7.57. The molecule has 1 aromatic carbocycles. The van der Waals surface area contributed by atoms with E-state index in [1.54, 1.807) is 12.1 Å². The summed E-state index contributed by atoms with van der Waals surface area (Å²) in [6.45, 7) is 4.94. The number of carboxylic acid groups (broad SMARTS) is 1. The lowest BCUT2D eigenvalue weighted by Crippen LogP contribution is -2.61. The zero-order valence-corrected chi connectivity index (χ0v) is 15.5. The maximum atomic E-state index is 11.2. The van der Waals surface area contributed by atoms with Gasteiger partial charge in [0.25, 0.3) is 0 Å². The van der Waals surface area contributed by atoms with Crippen LogP contribution in [0.2, 0.25) is 0 Å². The van der Waals surface area contributed by atoms with Gasteiger partial charge in [-0.15, -0.1) is 0 Å². The molecule has 0 spiro atoms. The van der Waals surface area contributed by atoms with E-state index in [0.717, 1.165) is 18.5 Å². The molecule has 6 atom stereocenters. The summed E-state index contributed by atoms with van der Waals surface area (Å²) in [5.74, 6) is -0.879. The number of likely N-dealkylation sites (N-methyl/N-ethyl adjacent to an activating group) is 1. The second-order valence-electron chi connectivity index (χ2n) is 6.50. The fourth-order valence-electron chi connectivity index (χ4n) is 2.99.